The maximum Gasteiger partial charge on any atom is 0.341 e. The Bertz CT molecular complexity index is 812. The van der Waals surface area contributed by atoms with Crippen LogP contribution in [0.15, 0.2) is 30.5 Å². The number of esters is 1. The van der Waals surface area contributed by atoms with E-state index in [1.54, 1.807) is 31.2 Å². The summed E-state index contributed by atoms with van der Waals surface area (Å²) in [5.41, 5.74) is 0.285. The number of methoxy groups -OCH3 is 1. The Hall–Kier alpha value is -2.67. The van der Waals surface area contributed by atoms with Crippen LogP contribution < -0.4 is 9.64 Å². The van der Waals surface area contributed by atoms with Gasteiger partial charge in [0.15, 0.2) is 11.0 Å². The van der Waals surface area contributed by atoms with Crippen LogP contribution >= 0.6 is 11.6 Å². The summed E-state index contributed by atoms with van der Waals surface area (Å²) in [7, 11) is 1.54. The Kier molecular flexibility index (Phi) is 6.52. The van der Waals surface area contributed by atoms with Crippen LogP contribution in [0.1, 0.15) is 29.8 Å². The molecule has 138 valence electrons. The number of hydrogen-bond acceptors (Lipinski definition) is 5. The van der Waals surface area contributed by atoms with E-state index in [-0.39, 0.29) is 24.4 Å². The second kappa shape index (κ2) is 8.62. The summed E-state index contributed by atoms with van der Waals surface area (Å²) in [5, 5.41) is -0.436. The molecular formula is C18H18ClFN2O4. The van der Waals surface area contributed by atoms with Crippen molar-refractivity contribution < 1.29 is 23.5 Å². The highest BCUT2D eigenvalue weighted by Gasteiger charge is 2.27. The highest BCUT2D eigenvalue weighted by Crippen LogP contribution is 2.30. The molecule has 0 spiro atoms. The van der Waals surface area contributed by atoms with Crippen molar-refractivity contribution in [1.29, 1.82) is 0 Å². The first kappa shape index (κ1) is 19.7. The van der Waals surface area contributed by atoms with E-state index in [0.717, 1.165) is 11.1 Å². The zero-order valence-electron chi connectivity index (χ0n) is 14.6. The number of aromatic nitrogens is 1. The molecule has 2 aromatic rings. The van der Waals surface area contributed by atoms with E-state index in [4.69, 9.17) is 21.1 Å². The molecule has 0 fully saturated rings. The maximum atomic E-state index is 14.7. The van der Waals surface area contributed by atoms with Gasteiger partial charge in [-0.25, -0.2) is 14.2 Å². The van der Waals surface area contributed by atoms with Gasteiger partial charge in [-0.15, -0.1) is 0 Å². The minimum atomic E-state index is -0.957. The number of ether oxygens (including phenoxy) is 2. The van der Waals surface area contributed by atoms with Crippen LogP contribution in [0.5, 0.6) is 5.75 Å². The largest absolute Gasteiger partial charge is 0.497 e. The van der Waals surface area contributed by atoms with Gasteiger partial charge in [0.1, 0.15) is 11.3 Å². The van der Waals surface area contributed by atoms with Gasteiger partial charge in [-0.05, 0) is 24.6 Å². The van der Waals surface area contributed by atoms with Crippen LogP contribution in [0.3, 0.4) is 0 Å². The first-order valence-electron chi connectivity index (χ1n) is 7.81. The van der Waals surface area contributed by atoms with Crippen molar-refractivity contribution in [3.8, 4) is 5.75 Å². The number of rotatable bonds is 6. The van der Waals surface area contributed by atoms with Gasteiger partial charge < -0.3 is 14.4 Å². The number of benzene rings is 1. The van der Waals surface area contributed by atoms with Crippen LogP contribution in [0, 0.1) is 5.82 Å². The molecule has 0 bridgehead atoms. The summed E-state index contributed by atoms with van der Waals surface area (Å²) in [6.45, 7) is 3.02. The number of nitrogens with zero attached hydrogens (tertiary/aromatic N) is 2. The molecule has 1 aromatic carbocycles. The number of amides is 1. The topological polar surface area (TPSA) is 68.7 Å². The van der Waals surface area contributed by atoms with E-state index in [9.17, 15) is 14.0 Å². The summed E-state index contributed by atoms with van der Waals surface area (Å²) in [6, 6.07) is 6.91. The molecule has 0 atom stereocenters. The van der Waals surface area contributed by atoms with Gasteiger partial charge in [-0.1, -0.05) is 23.7 Å². The van der Waals surface area contributed by atoms with Gasteiger partial charge in [0.2, 0.25) is 5.91 Å². The first-order chi connectivity index (χ1) is 12.4. The molecule has 0 saturated carbocycles. The molecule has 1 heterocycles. The molecule has 0 aliphatic rings. The van der Waals surface area contributed by atoms with E-state index in [2.05, 4.69) is 4.98 Å². The van der Waals surface area contributed by atoms with E-state index < -0.39 is 22.8 Å². The zero-order chi connectivity index (χ0) is 19.3. The number of anilines is 1. The monoisotopic (exact) mass is 380 g/mol. The van der Waals surface area contributed by atoms with Gasteiger partial charge in [0.25, 0.3) is 0 Å². The number of carbonyl (C=O) groups is 2. The van der Waals surface area contributed by atoms with E-state index in [1.807, 2.05) is 0 Å². The Morgan fingerprint density at radius 2 is 1.92 bits per heavy atom. The Morgan fingerprint density at radius 3 is 2.46 bits per heavy atom. The third-order valence-electron chi connectivity index (χ3n) is 3.60. The number of carbonyl (C=O) groups excluding carboxylic acids is 2. The molecule has 0 saturated heterocycles. The third-order valence-corrected chi connectivity index (χ3v) is 3.86. The lowest BCUT2D eigenvalue weighted by Crippen LogP contribution is -2.31. The highest BCUT2D eigenvalue weighted by molar-refractivity contribution is 6.30. The SMILES string of the molecule is CCOC(=O)c1cnc(Cl)c(F)c1N(Cc1ccc(OC)cc1)C(C)=O. The molecule has 1 aromatic heterocycles. The zero-order valence-corrected chi connectivity index (χ0v) is 15.3. The Morgan fingerprint density at radius 1 is 1.27 bits per heavy atom. The summed E-state index contributed by atoms with van der Waals surface area (Å²) >= 11 is 5.77. The number of halogens is 2. The molecule has 0 N–H and O–H groups in total. The minimum Gasteiger partial charge on any atom is -0.497 e. The van der Waals surface area contributed by atoms with Gasteiger partial charge >= 0.3 is 5.97 Å². The Labute approximate surface area is 155 Å². The summed E-state index contributed by atoms with van der Waals surface area (Å²) in [4.78, 5) is 29.1. The molecule has 0 radical (unpaired) electrons. The van der Waals surface area contributed by atoms with Crippen LogP contribution in [-0.4, -0.2) is 30.6 Å². The molecular weight excluding hydrogens is 363 g/mol. The average Bonchev–Trinajstić information content (AvgIpc) is 2.62. The van der Waals surface area contributed by atoms with E-state index in [1.165, 1.54) is 14.0 Å². The van der Waals surface area contributed by atoms with Crippen molar-refractivity contribution in [3.63, 3.8) is 0 Å². The first-order valence-corrected chi connectivity index (χ1v) is 8.19. The fraction of sp³-hybridized carbons (Fsp3) is 0.278. The van der Waals surface area contributed by atoms with Crippen molar-refractivity contribution >= 4 is 29.2 Å². The normalized spacial score (nSPS) is 10.3. The second-order valence-corrected chi connectivity index (χ2v) is 5.66. The lowest BCUT2D eigenvalue weighted by molar-refractivity contribution is -0.116. The summed E-state index contributed by atoms with van der Waals surface area (Å²) in [5.74, 6) is -1.56. The quantitative estimate of drug-likeness (QED) is 0.565. The Balaban J connectivity index is 2.49. The molecule has 26 heavy (non-hydrogen) atoms. The summed E-state index contributed by atoms with van der Waals surface area (Å²) < 4.78 is 24.7. The van der Waals surface area contributed by atoms with E-state index in [0.29, 0.717) is 11.3 Å². The number of hydrogen-bond donors (Lipinski definition) is 0. The van der Waals surface area contributed by atoms with Gasteiger partial charge in [-0.2, -0.15) is 0 Å². The van der Waals surface area contributed by atoms with E-state index >= 15 is 0 Å². The van der Waals surface area contributed by atoms with Gasteiger partial charge in [0.05, 0.1) is 25.9 Å². The van der Waals surface area contributed by atoms with Crippen molar-refractivity contribution in [2.45, 2.75) is 20.4 Å². The predicted molar refractivity (Wildman–Crippen MR) is 95.0 cm³/mol. The molecule has 0 aliphatic heterocycles. The molecule has 0 unspecified atom stereocenters. The molecule has 2 rings (SSSR count). The fourth-order valence-corrected chi connectivity index (χ4v) is 2.48. The molecule has 0 aliphatic carbocycles. The van der Waals surface area contributed by atoms with Gasteiger partial charge in [0, 0.05) is 13.1 Å². The lowest BCUT2D eigenvalue weighted by atomic mass is 10.1. The number of pyridine rings is 1. The van der Waals surface area contributed by atoms with Crippen LogP contribution in [0.25, 0.3) is 0 Å². The molecule has 6 nitrogen and oxygen atoms in total. The predicted octanol–water partition coefficient (Wildman–Crippen LogP) is 3.61. The smallest absolute Gasteiger partial charge is 0.341 e. The average molecular weight is 381 g/mol. The minimum absolute atomic E-state index is 0.0307. The van der Waals surface area contributed by atoms with Gasteiger partial charge in [-0.3, -0.25) is 4.79 Å². The summed E-state index contributed by atoms with van der Waals surface area (Å²) in [6.07, 6.45) is 1.10. The van der Waals surface area contributed by atoms with Crippen molar-refractivity contribution in [2.75, 3.05) is 18.6 Å². The standard InChI is InChI=1S/C18H18ClFN2O4/c1-4-26-18(24)14-9-21-17(19)15(20)16(14)22(11(2)23)10-12-5-7-13(25-3)8-6-12/h5-9H,4,10H2,1-3H3. The van der Waals surface area contributed by atoms with Crippen LogP contribution in [0.2, 0.25) is 5.15 Å². The van der Waals surface area contributed by atoms with Crippen LogP contribution in [-0.2, 0) is 16.1 Å². The van der Waals surface area contributed by atoms with Crippen molar-refractivity contribution in [1.82, 2.24) is 4.98 Å². The van der Waals surface area contributed by atoms with Crippen LogP contribution in [0.4, 0.5) is 10.1 Å². The molecule has 8 heteroatoms. The molecule has 1 amide bonds. The highest BCUT2D eigenvalue weighted by atomic mass is 35.5. The maximum absolute atomic E-state index is 14.7. The second-order valence-electron chi connectivity index (χ2n) is 5.30. The third kappa shape index (κ3) is 4.29. The van der Waals surface area contributed by atoms with Crippen molar-refractivity contribution in [3.05, 3.63) is 52.6 Å². The fourth-order valence-electron chi connectivity index (χ4n) is 2.34. The van der Waals surface area contributed by atoms with Crippen molar-refractivity contribution in [2.24, 2.45) is 0 Å². The lowest BCUT2D eigenvalue weighted by Gasteiger charge is -2.24.